The number of methoxy groups -OCH3 is 2. The van der Waals surface area contributed by atoms with Crippen molar-refractivity contribution in [2.24, 2.45) is 0 Å². The molecule has 5 heteroatoms. The van der Waals surface area contributed by atoms with Crippen LogP contribution in [0.3, 0.4) is 0 Å². The van der Waals surface area contributed by atoms with Crippen LogP contribution in [0.1, 0.15) is 12.0 Å². The molecule has 0 aromatic heterocycles. The van der Waals surface area contributed by atoms with Gasteiger partial charge < -0.3 is 14.6 Å². The van der Waals surface area contributed by atoms with Crippen molar-refractivity contribution < 1.29 is 23.8 Å². The molecule has 0 aliphatic carbocycles. The lowest BCUT2D eigenvalue weighted by Gasteiger charge is -2.12. The summed E-state index contributed by atoms with van der Waals surface area (Å²) in [6, 6.07) is 2.45. The van der Waals surface area contributed by atoms with Gasteiger partial charge in [-0.05, 0) is 12.5 Å². The van der Waals surface area contributed by atoms with E-state index >= 15 is 0 Å². The zero-order chi connectivity index (χ0) is 12.1. The van der Waals surface area contributed by atoms with Crippen LogP contribution < -0.4 is 9.47 Å². The lowest BCUT2D eigenvalue weighted by Crippen LogP contribution is -2.01. The van der Waals surface area contributed by atoms with Gasteiger partial charge in [0.15, 0.2) is 11.5 Å². The summed E-state index contributed by atoms with van der Waals surface area (Å²) >= 11 is 0. The molecule has 0 aliphatic heterocycles. The molecular weight excluding hydrogens is 215 g/mol. The van der Waals surface area contributed by atoms with Gasteiger partial charge in [0.25, 0.3) is 0 Å². The maximum Gasteiger partial charge on any atom is 0.303 e. The summed E-state index contributed by atoms with van der Waals surface area (Å²) in [7, 11) is 2.83. The zero-order valence-corrected chi connectivity index (χ0v) is 9.12. The summed E-state index contributed by atoms with van der Waals surface area (Å²) < 4.78 is 23.2. The number of halogens is 1. The van der Waals surface area contributed by atoms with E-state index < -0.39 is 11.8 Å². The van der Waals surface area contributed by atoms with E-state index in [2.05, 4.69) is 0 Å². The maximum absolute atomic E-state index is 13.2. The number of hydrogen-bond donors (Lipinski definition) is 1. The highest BCUT2D eigenvalue weighted by atomic mass is 19.1. The number of aryl methyl sites for hydroxylation is 1. The van der Waals surface area contributed by atoms with Crippen LogP contribution in [0.15, 0.2) is 12.1 Å². The van der Waals surface area contributed by atoms with Gasteiger partial charge in [-0.25, -0.2) is 4.39 Å². The van der Waals surface area contributed by atoms with Gasteiger partial charge in [-0.1, -0.05) is 0 Å². The summed E-state index contributed by atoms with van der Waals surface area (Å²) in [4.78, 5) is 10.4. The van der Waals surface area contributed by atoms with E-state index in [1.54, 1.807) is 0 Å². The van der Waals surface area contributed by atoms with Gasteiger partial charge in [0, 0.05) is 18.1 Å². The molecule has 0 fully saturated rings. The van der Waals surface area contributed by atoms with E-state index in [1.807, 2.05) is 0 Å². The van der Waals surface area contributed by atoms with Crippen molar-refractivity contribution in [3.8, 4) is 11.5 Å². The zero-order valence-electron chi connectivity index (χ0n) is 9.12. The Morgan fingerprint density at radius 1 is 1.38 bits per heavy atom. The molecule has 0 saturated heterocycles. The van der Waals surface area contributed by atoms with Crippen LogP contribution in [-0.2, 0) is 11.2 Å². The number of rotatable bonds is 5. The first kappa shape index (κ1) is 12.3. The molecular formula is C11H13FO4. The monoisotopic (exact) mass is 228 g/mol. The maximum atomic E-state index is 13.2. The number of carboxylic acid groups (broad SMARTS) is 1. The first-order chi connectivity index (χ1) is 7.58. The van der Waals surface area contributed by atoms with E-state index in [4.69, 9.17) is 14.6 Å². The standard InChI is InChI=1S/C11H13FO4/c1-15-9-6-8(12)5-7(11(9)16-2)3-4-10(13)14/h5-6H,3-4H2,1-2H3,(H,13,14). The van der Waals surface area contributed by atoms with E-state index in [9.17, 15) is 9.18 Å². The van der Waals surface area contributed by atoms with Gasteiger partial charge in [-0.2, -0.15) is 0 Å². The summed E-state index contributed by atoms with van der Waals surface area (Å²) in [5.74, 6) is -0.767. The molecule has 1 N–H and O–H groups in total. The Bertz CT molecular complexity index is 390. The van der Waals surface area contributed by atoms with Crippen molar-refractivity contribution in [1.82, 2.24) is 0 Å². The van der Waals surface area contributed by atoms with Crippen LogP contribution in [0, 0.1) is 5.82 Å². The van der Waals surface area contributed by atoms with Crippen LogP contribution in [-0.4, -0.2) is 25.3 Å². The van der Waals surface area contributed by atoms with Crippen LogP contribution in [0.2, 0.25) is 0 Å². The van der Waals surface area contributed by atoms with Crippen LogP contribution in [0.25, 0.3) is 0 Å². The highest BCUT2D eigenvalue weighted by Crippen LogP contribution is 2.32. The molecule has 4 nitrogen and oxygen atoms in total. The van der Waals surface area contributed by atoms with E-state index in [0.717, 1.165) is 0 Å². The highest BCUT2D eigenvalue weighted by Gasteiger charge is 2.13. The Morgan fingerprint density at radius 2 is 2.06 bits per heavy atom. The first-order valence-electron chi connectivity index (χ1n) is 4.70. The van der Waals surface area contributed by atoms with Gasteiger partial charge in [0.1, 0.15) is 5.82 Å². The number of benzene rings is 1. The third-order valence-corrected chi connectivity index (χ3v) is 2.13. The Balaban J connectivity index is 3.04. The third-order valence-electron chi connectivity index (χ3n) is 2.13. The average molecular weight is 228 g/mol. The first-order valence-corrected chi connectivity index (χ1v) is 4.70. The summed E-state index contributed by atoms with van der Waals surface area (Å²) in [5, 5.41) is 8.57. The molecule has 0 atom stereocenters. The fourth-order valence-electron chi connectivity index (χ4n) is 1.43. The predicted octanol–water partition coefficient (Wildman–Crippen LogP) is 1.86. The second-order valence-corrected chi connectivity index (χ2v) is 3.19. The highest BCUT2D eigenvalue weighted by molar-refractivity contribution is 5.67. The van der Waals surface area contributed by atoms with Crippen molar-refractivity contribution >= 4 is 5.97 Å². The number of hydrogen-bond acceptors (Lipinski definition) is 3. The van der Waals surface area contributed by atoms with E-state index in [1.165, 1.54) is 26.4 Å². The molecule has 0 bridgehead atoms. The fraction of sp³-hybridized carbons (Fsp3) is 0.364. The van der Waals surface area contributed by atoms with Crippen molar-refractivity contribution in [3.63, 3.8) is 0 Å². The Kier molecular flexibility index (Phi) is 4.10. The van der Waals surface area contributed by atoms with Crippen molar-refractivity contribution in [2.45, 2.75) is 12.8 Å². The lowest BCUT2D eigenvalue weighted by atomic mass is 10.1. The molecule has 0 amide bonds. The van der Waals surface area contributed by atoms with Crippen LogP contribution >= 0.6 is 0 Å². The van der Waals surface area contributed by atoms with Gasteiger partial charge >= 0.3 is 5.97 Å². The van der Waals surface area contributed by atoms with E-state index in [0.29, 0.717) is 11.3 Å². The minimum atomic E-state index is -0.940. The summed E-state index contributed by atoms with van der Waals surface area (Å²) in [5.41, 5.74) is 0.488. The smallest absolute Gasteiger partial charge is 0.303 e. The van der Waals surface area contributed by atoms with Crippen LogP contribution in [0.5, 0.6) is 11.5 Å². The molecule has 1 aromatic carbocycles. The SMILES string of the molecule is COc1cc(F)cc(CCC(=O)O)c1OC. The minimum absolute atomic E-state index is 0.0804. The molecule has 1 rings (SSSR count). The molecule has 16 heavy (non-hydrogen) atoms. The van der Waals surface area contributed by atoms with Crippen molar-refractivity contribution in [1.29, 1.82) is 0 Å². The number of carbonyl (C=O) groups is 1. The molecule has 0 unspecified atom stereocenters. The van der Waals surface area contributed by atoms with Crippen molar-refractivity contribution in [3.05, 3.63) is 23.5 Å². The molecule has 0 heterocycles. The number of carboxylic acids is 1. The van der Waals surface area contributed by atoms with Crippen molar-refractivity contribution in [2.75, 3.05) is 14.2 Å². The molecule has 0 aliphatic rings. The molecule has 0 radical (unpaired) electrons. The quantitative estimate of drug-likeness (QED) is 0.835. The Morgan fingerprint density at radius 3 is 2.56 bits per heavy atom. The normalized spacial score (nSPS) is 9.94. The number of aliphatic carboxylic acids is 1. The summed E-state index contributed by atoms with van der Waals surface area (Å²) in [6.45, 7) is 0. The van der Waals surface area contributed by atoms with Gasteiger partial charge in [0.2, 0.25) is 0 Å². The largest absolute Gasteiger partial charge is 0.493 e. The molecule has 1 aromatic rings. The Labute approximate surface area is 92.6 Å². The Hall–Kier alpha value is -1.78. The molecule has 88 valence electrons. The van der Waals surface area contributed by atoms with Crippen LogP contribution in [0.4, 0.5) is 4.39 Å². The van der Waals surface area contributed by atoms with Gasteiger partial charge in [-0.15, -0.1) is 0 Å². The second-order valence-electron chi connectivity index (χ2n) is 3.19. The topological polar surface area (TPSA) is 55.8 Å². The number of ether oxygens (including phenoxy) is 2. The molecule has 0 saturated carbocycles. The third kappa shape index (κ3) is 2.85. The fourth-order valence-corrected chi connectivity index (χ4v) is 1.43. The predicted molar refractivity (Wildman–Crippen MR) is 55.5 cm³/mol. The van der Waals surface area contributed by atoms with Gasteiger partial charge in [0.05, 0.1) is 14.2 Å². The summed E-state index contributed by atoms with van der Waals surface area (Å²) in [6.07, 6.45) is 0.121. The second kappa shape index (κ2) is 5.34. The average Bonchev–Trinajstić information content (AvgIpc) is 2.25. The van der Waals surface area contributed by atoms with Gasteiger partial charge in [-0.3, -0.25) is 4.79 Å². The lowest BCUT2D eigenvalue weighted by molar-refractivity contribution is -0.136. The minimum Gasteiger partial charge on any atom is -0.493 e. The van der Waals surface area contributed by atoms with E-state index in [-0.39, 0.29) is 18.6 Å². The molecule has 0 spiro atoms.